The molecule has 1 aliphatic rings. The lowest BCUT2D eigenvalue weighted by Gasteiger charge is -2.37. The molecule has 0 amide bonds. The van der Waals surface area contributed by atoms with E-state index in [1.807, 2.05) is 0 Å². The Kier molecular flexibility index (Phi) is 5.54. The molecule has 2 heterocycles. The van der Waals surface area contributed by atoms with E-state index in [0.717, 1.165) is 36.3 Å². The van der Waals surface area contributed by atoms with Crippen molar-refractivity contribution in [1.82, 2.24) is 20.0 Å². The number of nitrogens with one attached hydrogen (secondary N) is 1. The number of hydrogen-bond acceptors (Lipinski definition) is 6. The summed E-state index contributed by atoms with van der Waals surface area (Å²) in [4.78, 5) is 5.07. The third-order valence-corrected chi connectivity index (χ3v) is 4.64. The molecule has 108 valence electrons. The summed E-state index contributed by atoms with van der Waals surface area (Å²) in [6, 6.07) is 0.712. The van der Waals surface area contributed by atoms with Crippen molar-refractivity contribution < 1.29 is 0 Å². The van der Waals surface area contributed by atoms with Gasteiger partial charge in [-0.2, -0.15) is 0 Å². The second-order valence-corrected chi connectivity index (χ2v) is 6.16. The summed E-state index contributed by atoms with van der Waals surface area (Å²) in [6.07, 6.45) is 1.24. The largest absolute Gasteiger partial charge is 0.360 e. The van der Waals surface area contributed by atoms with Crippen LogP contribution in [-0.2, 0) is 6.54 Å². The topological polar surface area (TPSA) is 44.3 Å². The van der Waals surface area contributed by atoms with Gasteiger partial charge in [0.25, 0.3) is 0 Å². The highest BCUT2D eigenvalue weighted by molar-refractivity contribution is 7.15. The molecule has 0 aromatic carbocycles. The molecular weight excluding hydrogens is 258 g/mol. The molecule has 6 heteroatoms. The molecule has 1 aromatic heterocycles. The van der Waals surface area contributed by atoms with E-state index in [2.05, 4.69) is 46.1 Å². The Labute approximate surface area is 120 Å². The Hall–Kier alpha value is -0.720. The van der Waals surface area contributed by atoms with Gasteiger partial charge in [0, 0.05) is 38.8 Å². The average molecular weight is 283 g/mol. The van der Waals surface area contributed by atoms with Gasteiger partial charge in [-0.15, -0.1) is 10.2 Å². The van der Waals surface area contributed by atoms with Crippen molar-refractivity contribution >= 4 is 16.5 Å². The van der Waals surface area contributed by atoms with Crippen molar-refractivity contribution in [3.05, 3.63) is 5.01 Å². The summed E-state index contributed by atoms with van der Waals surface area (Å²) in [6.45, 7) is 13.1. The summed E-state index contributed by atoms with van der Waals surface area (Å²) in [5.74, 6) is 0. The fourth-order valence-corrected chi connectivity index (χ4v) is 3.20. The van der Waals surface area contributed by atoms with Gasteiger partial charge in [-0.05, 0) is 20.3 Å². The molecule has 0 aliphatic carbocycles. The van der Waals surface area contributed by atoms with Crippen molar-refractivity contribution in [2.75, 3.05) is 38.0 Å². The third-order valence-electron chi connectivity index (χ3n) is 3.77. The molecule has 0 spiro atoms. The Bertz CT molecular complexity index is 373. The van der Waals surface area contributed by atoms with E-state index in [1.165, 1.54) is 19.5 Å². The van der Waals surface area contributed by atoms with E-state index in [4.69, 9.17) is 0 Å². The highest BCUT2D eigenvalue weighted by Crippen LogP contribution is 2.18. The molecule has 1 aliphatic heterocycles. The second-order valence-electron chi connectivity index (χ2n) is 5.10. The number of aromatic nitrogens is 2. The van der Waals surface area contributed by atoms with E-state index < -0.39 is 0 Å². The van der Waals surface area contributed by atoms with E-state index in [1.54, 1.807) is 11.3 Å². The molecule has 1 fully saturated rings. The van der Waals surface area contributed by atoms with Gasteiger partial charge in [0.1, 0.15) is 5.01 Å². The molecule has 1 saturated heterocycles. The maximum Gasteiger partial charge on any atom is 0.205 e. The molecule has 19 heavy (non-hydrogen) atoms. The first kappa shape index (κ1) is 14.7. The predicted molar refractivity (Wildman–Crippen MR) is 80.7 cm³/mol. The van der Waals surface area contributed by atoms with Crippen LogP contribution in [0.3, 0.4) is 0 Å². The van der Waals surface area contributed by atoms with Gasteiger partial charge >= 0.3 is 0 Å². The summed E-state index contributed by atoms with van der Waals surface area (Å²) >= 11 is 1.67. The summed E-state index contributed by atoms with van der Waals surface area (Å²) < 4.78 is 0. The molecule has 0 bridgehead atoms. The van der Waals surface area contributed by atoms with Gasteiger partial charge in [0.15, 0.2) is 0 Å². The monoisotopic (exact) mass is 283 g/mol. The fraction of sp³-hybridized carbons (Fsp3) is 0.846. The zero-order valence-electron chi connectivity index (χ0n) is 12.2. The third kappa shape index (κ3) is 4.12. The van der Waals surface area contributed by atoms with Crippen LogP contribution in [0.25, 0.3) is 0 Å². The van der Waals surface area contributed by atoms with E-state index >= 15 is 0 Å². The Morgan fingerprint density at radius 2 is 1.95 bits per heavy atom. The lowest BCUT2D eigenvalue weighted by molar-refractivity contribution is 0.0962. The van der Waals surface area contributed by atoms with Crippen LogP contribution in [0.15, 0.2) is 0 Å². The predicted octanol–water partition coefficient (Wildman–Crippen LogP) is 1.89. The van der Waals surface area contributed by atoms with E-state index in [0.29, 0.717) is 6.04 Å². The molecule has 1 atom stereocenters. The van der Waals surface area contributed by atoms with Crippen LogP contribution in [0.5, 0.6) is 0 Å². The number of rotatable bonds is 6. The van der Waals surface area contributed by atoms with Crippen molar-refractivity contribution in [2.45, 2.75) is 39.8 Å². The van der Waals surface area contributed by atoms with Crippen LogP contribution in [-0.4, -0.2) is 58.8 Å². The standard InChI is InChI=1S/C13H25N5S/c1-4-11(3)18-8-6-17(7-9-18)10-12-15-16-13(19-12)14-5-2/h11H,4-10H2,1-3H3,(H,14,16). The molecule has 1 unspecified atom stereocenters. The molecule has 0 saturated carbocycles. The van der Waals surface area contributed by atoms with Crippen LogP contribution in [0, 0.1) is 0 Å². The number of nitrogens with zero attached hydrogens (tertiary/aromatic N) is 4. The zero-order chi connectivity index (χ0) is 13.7. The fourth-order valence-electron chi connectivity index (χ4n) is 2.35. The highest BCUT2D eigenvalue weighted by Gasteiger charge is 2.20. The molecular formula is C13H25N5S. The normalized spacial score (nSPS) is 19.5. The van der Waals surface area contributed by atoms with E-state index in [9.17, 15) is 0 Å². The number of hydrogen-bond donors (Lipinski definition) is 1. The Balaban J connectivity index is 1.78. The first-order valence-electron chi connectivity index (χ1n) is 7.25. The summed E-state index contributed by atoms with van der Waals surface area (Å²) in [5, 5.41) is 13.7. The van der Waals surface area contributed by atoms with Crippen LogP contribution >= 0.6 is 11.3 Å². The van der Waals surface area contributed by atoms with Gasteiger partial charge in [0.2, 0.25) is 5.13 Å². The number of anilines is 1. The van der Waals surface area contributed by atoms with Gasteiger partial charge < -0.3 is 5.32 Å². The van der Waals surface area contributed by atoms with Crippen LogP contribution in [0.2, 0.25) is 0 Å². The molecule has 5 nitrogen and oxygen atoms in total. The van der Waals surface area contributed by atoms with Gasteiger partial charge in [0.05, 0.1) is 6.54 Å². The smallest absolute Gasteiger partial charge is 0.205 e. The molecule has 1 N–H and O–H groups in total. The SMILES string of the molecule is CCNc1nnc(CN2CCN(C(C)CC)CC2)s1. The van der Waals surface area contributed by atoms with Gasteiger partial charge in [-0.3, -0.25) is 9.80 Å². The Morgan fingerprint density at radius 1 is 1.21 bits per heavy atom. The minimum Gasteiger partial charge on any atom is -0.360 e. The Morgan fingerprint density at radius 3 is 2.58 bits per heavy atom. The van der Waals surface area contributed by atoms with Crippen molar-refractivity contribution in [3.63, 3.8) is 0 Å². The average Bonchev–Trinajstić information content (AvgIpc) is 2.86. The maximum absolute atomic E-state index is 4.25. The highest BCUT2D eigenvalue weighted by atomic mass is 32.1. The van der Waals surface area contributed by atoms with Gasteiger partial charge in [-0.25, -0.2) is 0 Å². The van der Waals surface area contributed by atoms with Crippen molar-refractivity contribution in [3.8, 4) is 0 Å². The van der Waals surface area contributed by atoms with Crippen molar-refractivity contribution in [1.29, 1.82) is 0 Å². The quantitative estimate of drug-likeness (QED) is 0.863. The molecule has 1 aromatic rings. The van der Waals surface area contributed by atoms with Gasteiger partial charge in [-0.1, -0.05) is 18.3 Å². The molecule has 0 radical (unpaired) electrons. The maximum atomic E-state index is 4.25. The first-order valence-corrected chi connectivity index (χ1v) is 8.07. The van der Waals surface area contributed by atoms with E-state index in [-0.39, 0.29) is 0 Å². The van der Waals surface area contributed by atoms with Crippen LogP contribution in [0.1, 0.15) is 32.2 Å². The zero-order valence-corrected chi connectivity index (χ0v) is 13.0. The molecule has 2 rings (SSSR count). The lowest BCUT2D eigenvalue weighted by Crippen LogP contribution is -2.48. The summed E-state index contributed by atoms with van der Waals surface area (Å²) in [7, 11) is 0. The lowest BCUT2D eigenvalue weighted by atomic mass is 10.2. The number of piperazine rings is 1. The van der Waals surface area contributed by atoms with Crippen LogP contribution in [0.4, 0.5) is 5.13 Å². The van der Waals surface area contributed by atoms with Crippen LogP contribution < -0.4 is 5.32 Å². The minimum atomic E-state index is 0.712. The first-order chi connectivity index (χ1) is 9.22. The van der Waals surface area contributed by atoms with Crippen molar-refractivity contribution in [2.24, 2.45) is 0 Å². The second kappa shape index (κ2) is 7.17. The summed E-state index contributed by atoms with van der Waals surface area (Å²) in [5.41, 5.74) is 0. The minimum absolute atomic E-state index is 0.712.